The normalized spacial score (nSPS) is 12.5. The third kappa shape index (κ3) is 4.33. The largest absolute Gasteiger partial charge is 0.361 e. The summed E-state index contributed by atoms with van der Waals surface area (Å²) in [5.74, 6) is -0.0585. The number of H-pyrrole nitrogens is 1. The van der Waals surface area contributed by atoms with E-state index < -0.39 is 6.04 Å². The van der Waals surface area contributed by atoms with Crippen molar-refractivity contribution in [1.82, 2.24) is 10.3 Å². The Morgan fingerprint density at radius 2 is 2.10 bits per heavy atom. The number of aromatic nitrogens is 1. The topological polar surface area (TPSA) is 70.9 Å². The summed E-state index contributed by atoms with van der Waals surface area (Å²) in [6, 6.07) is 7.58. The van der Waals surface area contributed by atoms with Crippen molar-refractivity contribution in [3.63, 3.8) is 0 Å². The van der Waals surface area contributed by atoms with Crippen molar-refractivity contribution in [2.24, 2.45) is 5.73 Å². The monoisotopic (exact) mass is 287 g/mol. The van der Waals surface area contributed by atoms with Crippen LogP contribution < -0.4 is 11.1 Å². The van der Waals surface area contributed by atoms with Crippen LogP contribution in [-0.4, -0.2) is 23.5 Å². The van der Waals surface area contributed by atoms with Gasteiger partial charge >= 0.3 is 0 Å². The van der Waals surface area contributed by atoms with Gasteiger partial charge in [-0.25, -0.2) is 0 Å². The van der Waals surface area contributed by atoms with Crippen molar-refractivity contribution in [1.29, 1.82) is 0 Å². The van der Waals surface area contributed by atoms with E-state index >= 15 is 0 Å². The van der Waals surface area contributed by atoms with Crippen LogP contribution in [0.4, 0.5) is 0 Å². The molecule has 0 fully saturated rings. The zero-order chi connectivity index (χ0) is 15.1. The minimum atomic E-state index is -0.490. The number of nitrogens with two attached hydrogens (primary N) is 1. The molecular weight excluding hydrogens is 262 g/mol. The van der Waals surface area contributed by atoms with E-state index in [1.807, 2.05) is 24.4 Å². The van der Waals surface area contributed by atoms with Gasteiger partial charge in [-0.1, -0.05) is 44.4 Å². The number of carbonyl (C=O) groups is 1. The lowest BCUT2D eigenvalue weighted by molar-refractivity contribution is -0.122. The molecule has 0 saturated heterocycles. The van der Waals surface area contributed by atoms with Crippen molar-refractivity contribution in [2.75, 3.05) is 6.54 Å². The molecule has 0 aliphatic carbocycles. The number of nitrogens with one attached hydrogen (secondary N) is 2. The number of benzene rings is 1. The molecule has 0 radical (unpaired) electrons. The summed E-state index contributed by atoms with van der Waals surface area (Å²) in [7, 11) is 0. The van der Waals surface area contributed by atoms with E-state index in [1.54, 1.807) is 0 Å². The maximum absolute atomic E-state index is 12.0. The van der Waals surface area contributed by atoms with Crippen LogP contribution in [0.2, 0.25) is 0 Å². The van der Waals surface area contributed by atoms with Crippen molar-refractivity contribution >= 4 is 16.8 Å². The first-order valence-corrected chi connectivity index (χ1v) is 7.80. The van der Waals surface area contributed by atoms with Crippen molar-refractivity contribution in [3.05, 3.63) is 36.0 Å². The fourth-order valence-corrected chi connectivity index (χ4v) is 2.52. The number of carbonyl (C=O) groups excluding carboxylic acids is 1. The Morgan fingerprint density at radius 3 is 2.90 bits per heavy atom. The number of aromatic amines is 1. The summed E-state index contributed by atoms with van der Waals surface area (Å²) in [6.45, 7) is 2.90. The predicted molar refractivity (Wildman–Crippen MR) is 87.1 cm³/mol. The average molecular weight is 287 g/mol. The molecule has 0 bridgehead atoms. The average Bonchev–Trinajstić information content (AvgIpc) is 2.90. The molecule has 1 unspecified atom stereocenters. The van der Waals surface area contributed by atoms with E-state index in [9.17, 15) is 4.79 Å². The third-order valence-corrected chi connectivity index (χ3v) is 3.78. The van der Waals surface area contributed by atoms with Crippen molar-refractivity contribution in [2.45, 2.75) is 45.1 Å². The van der Waals surface area contributed by atoms with Gasteiger partial charge in [-0.2, -0.15) is 0 Å². The SMILES string of the molecule is CCCCCCNC(=O)C(N)Cc1c[nH]c2ccccc12. The van der Waals surface area contributed by atoms with Crippen LogP contribution in [0, 0.1) is 0 Å². The van der Waals surface area contributed by atoms with Crippen molar-refractivity contribution in [3.8, 4) is 0 Å². The quantitative estimate of drug-likeness (QED) is 0.653. The third-order valence-electron chi connectivity index (χ3n) is 3.78. The molecule has 0 aliphatic rings. The molecule has 0 aliphatic heterocycles. The van der Waals surface area contributed by atoms with E-state index in [2.05, 4.69) is 23.3 Å². The van der Waals surface area contributed by atoms with Gasteiger partial charge in [0.1, 0.15) is 0 Å². The highest BCUT2D eigenvalue weighted by molar-refractivity contribution is 5.86. The van der Waals surface area contributed by atoms with Gasteiger partial charge in [-0.3, -0.25) is 4.79 Å². The lowest BCUT2D eigenvalue weighted by atomic mass is 10.1. The molecule has 1 atom stereocenters. The second-order valence-corrected chi connectivity index (χ2v) is 5.52. The first kappa shape index (κ1) is 15.6. The highest BCUT2D eigenvalue weighted by Gasteiger charge is 2.15. The van der Waals surface area contributed by atoms with Gasteiger partial charge in [-0.05, 0) is 24.5 Å². The molecule has 21 heavy (non-hydrogen) atoms. The number of hydrogen-bond acceptors (Lipinski definition) is 2. The summed E-state index contributed by atoms with van der Waals surface area (Å²) >= 11 is 0. The number of fused-ring (bicyclic) bond motifs is 1. The zero-order valence-corrected chi connectivity index (χ0v) is 12.7. The Balaban J connectivity index is 1.83. The second kappa shape index (κ2) is 7.84. The first-order chi connectivity index (χ1) is 10.2. The number of para-hydroxylation sites is 1. The highest BCUT2D eigenvalue weighted by atomic mass is 16.2. The molecule has 1 heterocycles. The summed E-state index contributed by atoms with van der Waals surface area (Å²) in [5, 5.41) is 4.07. The molecule has 1 aromatic carbocycles. The summed E-state index contributed by atoms with van der Waals surface area (Å²) < 4.78 is 0. The smallest absolute Gasteiger partial charge is 0.237 e. The molecule has 4 heteroatoms. The van der Waals surface area contributed by atoms with E-state index in [0.717, 1.165) is 35.9 Å². The van der Waals surface area contributed by atoms with Crippen molar-refractivity contribution < 1.29 is 4.79 Å². The second-order valence-electron chi connectivity index (χ2n) is 5.52. The molecule has 1 amide bonds. The Bertz CT molecular complexity index is 576. The van der Waals surface area contributed by atoms with Crippen LogP contribution in [0.5, 0.6) is 0 Å². The molecule has 0 spiro atoms. The first-order valence-electron chi connectivity index (χ1n) is 7.80. The van der Waals surface area contributed by atoms with Gasteiger partial charge in [0.25, 0.3) is 0 Å². The van der Waals surface area contributed by atoms with Gasteiger partial charge < -0.3 is 16.0 Å². The lowest BCUT2D eigenvalue weighted by Gasteiger charge is -2.11. The Morgan fingerprint density at radius 1 is 1.29 bits per heavy atom. The highest BCUT2D eigenvalue weighted by Crippen LogP contribution is 2.18. The molecule has 2 rings (SSSR count). The fourth-order valence-electron chi connectivity index (χ4n) is 2.52. The number of rotatable bonds is 8. The van der Waals surface area contributed by atoms with Crippen LogP contribution in [0.15, 0.2) is 30.5 Å². The molecule has 2 aromatic rings. The van der Waals surface area contributed by atoms with E-state index in [-0.39, 0.29) is 5.91 Å². The fraction of sp³-hybridized carbons (Fsp3) is 0.471. The number of amides is 1. The van der Waals surface area contributed by atoms with Crippen LogP contribution in [0.25, 0.3) is 10.9 Å². The van der Waals surface area contributed by atoms with Crippen LogP contribution in [0.1, 0.15) is 38.2 Å². The minimum absolute atomic E-state index is 0.0585. The number of unbranched alkanes of at least 4 members (excludes halogenated alkanes) is 3. The van der Waals surface area contributed by atoms with Gasteiger partial charge in [0, 0.05) is 23.6 Å². The molecule has 114 valence electrons. The van der Waals surface area contributed by atoms with E-state index in [1.165, 1.54) is 12.8 Å². The van der Waals surface area contributed by atoms with Crippen LogP contribution in [0.3, 0.4) is 0 Å². The molecular formula is C17H25N3O. The van der Waals surface area contributed by atoms with Gasteiger partial charge in [0.2, 0.25) is 5.91 Å². The van der Waals surface area contributed by atoms with Gasteiger partial charge in [0.05, 0.1) is 6.04 Å². The Labute approximate surface area is 126 Å². The van der Waals surface area contributed by atoms with E-state index in [4.69, 9.17) is 5.73 Å². The summed E-state index contributed by atoms with van der Waals surface area (Å²) in [5.41, 5.74) is 8.19. The Kier molecular flexibility index (Phi) is 5.81. The standard InChI is InChI=1S/C17H25N3O/c1-2-3-4-7-10-19-17(21)15(18)11-13-12-20-16-9-6-5-8-14(13)16/h5-6,8-9,12,15,20H,2-4,7,10-11,18H2,1H3,(H,19,21). The Hall–Kier alpha value is -1.81. The van der Waals surface area contributed by atoms with Crippen LogP contribution in [-0.2, 0) is 11.2 Å². The maximum atomic E-state index is 12.0. The molecule has 4 nitrogen and oxygen atoms in total. The summed E-state index contributed by atoms with van der Waals surface area (Å²) in [6.07, 6.45) is 7.11. The summed E-state index contributed by atoms with van der Waals surface area (Å²) in [4.78, 5) is 15.2. The molecule has 4 N–H and O–H groups in total. The zero-order valence-electron chi connectivity index (χ0n) is 12.7. The van der Waals surface area contributed by atoms with E-state index in [0.29, 0.717) is 6.42 Å². The molecule has 0 saturated carbocycles. The maximum Gasteiger partial charge on any atom is 0.237 e. The lowest BCUT2D eigenvalue weighted by Crippen LogP contribution is -2.42. The number of hydrogen-bond donors (Lipinski definition) is 3. The minimum Gasteiger partial charge on any atom is -0.361 e. The predicted octanol–water partition coefficient (Wildman–Crippen LogP) is 2.73. The van der Waals surface area contributed by atoms with Gasteiger partial charge in [-0.15, -0.1) is 0 Å². The molecule has 1 aromatic heterocycles. The van der Waals surface area contributed by atoms with Gasteiger partial charge in [0.15, 0.2) is 0 Å². The van der Waals surface area contributed by atoms with Crippen LogP contribution >= 0.6 is 0 Å².